The Balaban J connectivity index is 1.76. The predicted molar refractivity (Wildman–Crippen MR) is 136 cm³/mol. The molecule has 3 aromatic rings. The molecule has 2 aromatic heterocycles. The Labute approximate surface area is 208 Å². The average molecular weight is 499 g/mol. The molecule has 11 heteroatoms. The number of carbonyl (C=O) groups is 1. The summed E-state index contributed by atoms with van der Waals surface area (Å²) in [6, 6.07) is 7.29. The number of fused-ring (bicyclic) bond motifs is 2. The number of aromatic nitrogens is 2. The normalized spacial score (nSPS) is 13.1. The Morgan fingerprint density at radius 2 is 2.00 bits per heavy atom. The summed E-state index contributed by atoms with van der Waals surface area (Å²) in [4.78, 5) is 30.6. The molecule has 3 N–H and O–H groups in total. The summed E-state index contributed by atoms with van der Waals surface area (Å²) >= 11 is 1.26. The minimum atomic E-state index is -0.176. The number of ether oxygens (including phenoxy) is 2. The van der Waals surface area contributed by atoms with Gasteiger partial charge >= 0.3 is 0 Å². The number of hydrogen-bond donors (Lipinski definition) is 2. The summed E-state index contributed by atoms with van der Waals surface area (Å²) in [5, 5.41) is 8.05. The SMILES string of the molecule is CCN(CC)CCO/N=C(/c1ccc2c(c1)OCO2)c1nc(N)nc2sc(C(=O)NC(C)C)cc12. The number of nitrogens with two attached hydrogens (primary N) is 1. The number of thiophene rings is 1. The number of oxime groups is 1. The number of carbonyl (C=O) groups excluding carboxylic acids is 1. The first-order valence-corrected chi connectivity index (χ1v) is 12.4. The van der Waals surface area contributed by atoms with Crippen LogP contribution in [0.4, 0.5) is 5.95 Å². The number of nitrogen functional groups attached to an aromatic ring is 1. The van der Waals surface area contributed by atoms with Crippen LogP contribution < -0.4 is 20.5 Å². The third-order valence-electron chi connectivity index (χ3n) is 5.47. The first kappa shape index (κ1) is 24.7. The molecule has 1 aliphatic heterocycles. The molecule has 35 heavy (non-hydrogen) atoms. The molecule has 1 aromatic carbocycles. The molecule has 0 saturated carbocycles. The van der Waals surface area contributed by atoms with Crippen LogP contribution in [0.15, 0.2) is 29.4 Å². The highest BCUT2D eigenvalue weighted by Crippen LogP contribution is 2.34. The average Bonchev–Trinajstić information content (AvgIpc) is 3.47. The van der Waals surface area contributed by atoms with E-state index in [0.717, 1.165) is 25.2 Å². The number of nitrogens with one attached hydrogen (secondary N) is 1. The van der Waals surface area contributed by atoms with Crippen LogP contribution in [0.25, 0.3) is 10.2 Å². The summed E-state index contributed by atoms with van der Waals surface area (Å²) in [6.45, 7) is 11.2. The molecule has 0 spiro atoms. The number of nitrogens with zero attached hydrogens (tertiary/aromatic N) is 4. The van der Waals surface area contributed by atoms with E-state index in [1.165, 1.54) is 11.3 Å². The summed E-state index contributed by atoms with van der Waals surface area (Å²) in [5.41, 5.74) is 7.73. The highest BCUT2D eigenvalue weighted by molar-refractivity contribution is 7.20. The summed E-state index contributed by atoms with van der Waals surface area (Å²) in [6.07, 6.45) is 0. The van der Waals surface area contributed by atoms with Gasteiger partial charge in [0.05, 0.1) is 4.88 Å². The van der Waals surface area contributed by atoms with Crippen LogP contribution in [0.3, 0.4) is 0 Å². The topological polar surface area (TPSA) is 124 Å². The van der Waals surface area contributed by atoms with E-state index in [4.69, 9.17) is 20.0 Å². The quantitative estimate of drug-likeness (QED) is 0.248. The molecular formula is C24H30N6O4S. The van der Waals surface area contributed by atoms with Gasteiger partial charge in [0.25, 0.3) is 5.91 Å². The van der Waals surface area contributed by atoms with Crippen molar-refractivity contribution < 1.29 is 19.1 Å². The molecule has 0 bridgehead atoms. The fraction of sp³-hybridized carbons (Fsp3) is 0.417. The lowest BCUT2D eigenvalue weighted by atomic mass is 10.0. The van der Waals surface area contributed by atoms with Gasteiger partial charge in [-0.3, -0.25) is 4.79 Å². The van der Waals surface area contributed by atoms with Crippen molar-refractivity contribution in [2.45, 2.75) is 33.7 Å². The number of benzene rings is 1. The van der Waals surface area contributed by atoms with Crippen molar-refractivity contribution >= 4 is 39.1 Å². The second kappa shape index (κ2) is 10.9. The van der Waals surface area contributed by atoms with E-state index in [-0.39, 0.29) is 24.7 Å². The maximum absolute atomic E-state index is 12.7. The Morgan fingerprint density at radius 1 is 1.23 bits per heavy atom. The van der Waals surface area contributed by atoms with Crippen molar-refractivity contribution in [2.75, 3.05) is 38.8 Å². The highest BCUT2D eigenvalue weighted by Gasteiger charge is 2.23. The second-order valence-corrected chi connectivity index (χ2v) is 9.29. The largest absolute Gasteiger partial charge is 0.454 e. The van der Waals surface area contributed by atoms with Crippen LogP contribution in [0.5, 0.6) is 11.5 Å². The van der Waals surface area contributed by atoms with Gasteiger partial charge in [0.2, 0.25) is 12.7 Å². The molecule has 0 atom stereocenters. The lowest BCUT2D eigenvalue weighted by Gasteiger charge is -2.16. The molecule has 186 valence electrons. The highest BCUT2D eigenvalue weighted by atomic mass is 32.1. The van der Waals surface area contributed by atoms with Crippen molar-refractivity contribution in [1.82, 2.24) is 20.2 Å². The lowest BCUT2D eigenvalue weighted by molar-refractivity contribution is 0.0947. The van der Waals surface area contributed by atoms with Crippen molar-refractivity contribution in [3.05, 3.63) is 40.4 Å². The molecule has 0 fully saturated rings. The Bertz CT molecular complexity index is 1240. The van der Waals surface area contributed by atoms with E-state index < -0.39 is 0 Å². The van der Waals surface area contributed by atoms with Crippen molar-refractivity contribution in [2.24, 2.45) is 5.16 Å². The standard InChI is InChI=1S/C24H30N6O4S/c1-5-30(6-2)9-10-34-29-20(15-7-8-17-18(11-15)33-13-32-17)21-16-12-19(22(31)26-14(3)4)35-23(16)28-24(25)27-21/h7-8,11-12,14H,5-6,9-10,13H2,1-4H3,(H,26,31)(H2,25,27,28)/b29-20-. The Hall–Kier alpha value is -3.44. The minimum Gasteiger partial charge on any atom is -0.454 e. The number of anilines is 1. The van der Waals surface area contributed by atoms with Crippen LogP contribution in [0.1, 0.15) is 48.6 Å². The summed E-state index contributed by atoms with van der Waals surface area (Å²) < 4.78 is 11.0. The van der Waals surface area contributed by atoms with Crippen LogP contribution in [-0.2, 0) is 4.84 Å². The molecule has 0 unspecified atom stereocenters. The molecule has 1 aliphatic rings. The minimum absolute atomic E-state index is 0.00768. The van der Waals surface area contributed by atoms with Gasteiger partial charge < -0.3 is 30.3 Å². The molecule has 10 nitrogen and oxygen atoms in total. The van der Waals surface area contributed by atoms with E-state index in [0.29, 0.717) is 44.6 Å². The Morgan fingerprint density at radius 3 is 2.74 bits per heavy atom. The fourth-order valence-corrected chi connectivity index (χ4v) is 4.60. The van der Waals surface area contributed by atoms with Gasteiger partial charge in [-0.2, -0.15) is 0 Å². The van der Waals surface area contributed by atoms with Crippen LogP contribution >= 0.6 is 11.3 Å². The molecule has 0 saturated heterocycles. The summed E-state index contributed by atoms with van der Waals surface area (Å²) in [7, 11) is 0. The van der Waals surface area contributed by atoms with Crippen molar-refractivity contribution in [1.29, 1.82) is 0 Å². The number of rotatable bonds is 10. The number of hydrogen-bond acceptors (Lipinski definition) is 10. The van der Waals surface area contributed by atoms with Gasteiger partial charge in [-0.15, -0.1) is 11.3 Å². The molecule has 1 amide bonds. The van der Waals surface area contributed by atoms with E-state index in [1.54, 1.807) is 6.07 Å². The van der Waals surface area contributed by atoms with E-state index >= 15 is 0 Å². The number of likely N-dealkylation sites (N-methyl/N-ethyl adjacent to an activating group) is 1. The monoisotopic (exact) mass is 498 g/mol. The first-order chi connectivity index (χ1) is 16.9. The smallest absolute Gasteiger partial charge is 0.261 e. The summed E-state index contributed by atoms with van der Waals surface area (Å²) in [5.74, 6) is 1.18. The predicted octanol–water partition coefficient (Wildman–Crippen LogP) is 3.25. The van der Waals surface area contributed by atoms with Crippen LogP contribution in [0.2, 0.25) is 0 Å². The van der Waals surface area contributed by atoms with Gasteiger partial charge in [-0.25, -0.2) is 9.97 Å². The van der Waals surface area contributed by atoms with E-state index in [2.05, 4.69) is 39.2 Å². The zero-order chi connectivity index (χ0) is 24.9. The van der Waals surface area contributed by atoms with Crippen LogP contribution in [-0.4, -0.2) is 65.6 Å². The van der Waals surface area contributed by atoms with E-state index in [9.17, 15) is 4.79 Å². The molecule has 0 radical (unpaired) electrons. The third-order valence-corrected chi connectivity index (χ3v) is 6.50. The third kappa shape index (κ3) is 5.63. The molecule has 3 heterocycles. The van der Waals surface area contributed by atoms with Crippen LogP contribution in [0, 0.1) is 0 Å². The van der Waals surface area contributed by atoms with Gasteiger partial charge in [0, 0.05) is 23.5 Å². The fourth-order valence-electron chi connectivity index (χ4n) is 3.66. The maximum Gasteiger partial charge on any atom is 0.261 e. The van der Waals surface area contributed by atoms with Crippen molar-refractivity contribution in [3.63, 3.8) is 0 Å². The van der Waals surface area contributed by atoms with E-state index in [1.807, 2.05) is 32.0 Å². The zero-order valence-corrected chi connectivity index (χ0v) is 21.1. The zero-order valence-electron chi connectivity index (χ0n) is 20.3. The van der Waals surface area contributed by atoms with Crippen molar-refractivity contribution in [3.8, 4) is 11.5 Å². The Kier molecular flexibility index (Phi) is 7.67. The lowest BCUT2D eigenvalue weighted by Crippen LogP contribution is -2.29. The van der Waals surface area contributed by atoms with Gasteiger partial charge in [0.15, 0.2) is 11.5 Å². The van der Waals surface area contributed by atoms with Gasteiger partial charge in [-0.05, 0) is 51.2 Å². The number of amides is 1. The molecule has 0 aliphatic carbocycles. The molecular weight excluding hydrogens is 468 g/mol. The maximum atomic E-state index is 12.7. The molecule has 4 rings (SSSR count). The van der Waals surface area contributed by atoms with Gasteiger partial charge in [0.1, 0.15) is 22.8 Å². The first-order valence-electron chi connectivity index (χ1n) is 11.6. The second-order valence-electron chi connectivity index (χ2n) is 8.26. The van der Waals surface area contributed by atoms with Gasteiger partial charge in [-0.1, -0.05) is 19.0 Å².